The van der Waals surface area contributed by atoms with E-state index < -0.39 is 5.25 Å². The maximum absolute atomic E-state index is 13.7. The van der Waals surface area contributed by atoms with Gasteiger partial charge in [0.15, 0.2) is 11.0 Å². The topological polar surface area (TPSA) is 107 Å². The number of fused-ring (bicyclic) bond motifs is 3. The molecule has 1 N–H and O–H groups in total. The number of aromatic nitrogens is 5. The second kappa shape index (κ2) is 9.03. The Kier molecular flexibility index (Phi) is 5.89. The summed E-state index contributed by atoms with van der Waals surface area (Å²) in [5.74, 6) is 1.31. The van der Waals surface area contributed by atoms with Crippen molar-refractivity contribution in [2.75, 3.05) is 5.32 Å². The van der Waals surface area contributed by atoms with E-state index in [1.807, 2.05) is 46.9 Å². The zero-order valence-electron chi connectivity index (χ0n) is 19.7. The Labute approximate surface area is 205 Å². The molecule has 35 heavy (non-hydrogen) atoms. The van der Waals surface area contributed by atoms with Crippen molar-refractivity contribution in [3.8, 4) is 5.69 Å². The number of nitrogens with one attached hydrogen (secondary N) is 1. The zero-order chi connectivity index (χ0) is 24.7. The van der Waals surface area contributed by atoms with Crippen molar-refractivity contribution in [1.82, 2.24) is 24.3 Å². The van der Waals surface area contributed by atoms with Crippen molar-refractivity contribution in [1.29, 1.82) is 0 Å². The highest BCUT2D eigenvalue weighted by Crippen LogP contribution is 2.29. The van der Waals surface area contributed by atoms with E-state index in [0.717, 1.165) is 11.3 Å². The SMILES string of the molecule is Cc1cc(NC(=O)C(C)Sc2nnc3n(-c4ccccc4C(C)C)c(=O)c4ccccc4n23)no1. The number of carbonyl (C=O) groups is 1. The van der Waals surface area contributed by atoms with Crippen LogP contribution in [0.2, 0.25) is 0 Å². The molecule has 3 heterocycles. The molecule has 9 nitrogen and oxygen atoms in total. The normalized spacial score (nSPS) is 12.5. The largest absolute Gasteiger partial charge is 0.360 e. The molecular weight excluding hydrogens is 464 g/mol. The van der Waals surface area contributed by atoms with E-state index in [1.165, 1.54) is 11.8 Å². The lowest BCUT2D eigenvalue weighted by Gasteiger charge is -2.17. The fourth-order valence-corrected chi connectivity index (χ4v) is 4.87. The van der Waals surface area contributed by atoms with Crippen LogP contribution in [0, 0.1) is 6.92 Å². The molecule has 0 saturated carbocycles. The second-order valence-corrected chi connectivity index (χ2v) is 9.87. The fraction of sp³-hybridized carbons (Fsp3) is 0.240. The summed E-state index contributed by atoms with van der Waals surface area (Å²) in [6.07, 6.45) is 0. The summed E-state index contributed by atoms with van der Waals surface area (Å²) >= 11 is 1.25. The number of amides is 1. The Morgan fingerprint density at radius 3 is 2.54 bits per heavy atom. The van der Waals surface area contributed by atoms with Gasteiger partial charge >= 0.3 is 0 Å². The molecule has 5 rings (SSSR count). The Morgan fingerprint density at radius 2 is 1.80 bits per heavy atom. The number of carbonyl (C=O) groups excluding carboxylic acids is 1. The summed E-state index contributed by atoms with van der Waals surface area (Å²) in [6, 6.07) is 16.8. The number of rotatable bonds is 6. The zero-order valence-corrected chi connectivity index (χ0v) is 20.5. The predicted molar refractivity (Wildman–Crippen MR) is 135 cm³/mol. The number of benzene rings is 2. The van der Waals surface area contributed by atoms with E-state index in [9.17, 15) is 9.59 Å². The van der Waals surface area contributed by atoms with Gasteiger partial charge in [-0.2, -0.15) is 0 Å². The smallest absolute Gasteiger partial charge is 0.267 e. The Morgan fingerprint density at radius 1 is 1.06 bits per heavy atom. The van der Waals surface area contributed by atoms with Crippen molar-refractivity contribution in [2.24, 2.45) is 0 Å². The first-order valence-electron chi connectivity index (χ1n) is 11.2. The van der Waals surface area contributed by atoms with E-state index in [-0.39, 0.29) is 17.4 Å². The van der Waals surface area contributed by atoms with Crippen LogP contribution in [0.5, 0.6) is 0 Å². The molecule has 0 aliphatic carbocycles. The van der Waals surface area contributed by atoms with Crippen LogP contribution in [0.1, 0.15) is 38.0 Å². The molecule has 3 aromatic heterocycles. The van der Waals surface area contributed by atoms with Gasteiger partial charge in [-0.05, 0) is 43.5 Å². The van der Waals surface area contributed by atoms with Gasteiger partial charge in [-0.25, -0.2) is 4.57 Å². The molecule has 1 amide bonds. The van der Waals surface area contributed by atoms with Crippen molar-refractivity contribution >= 4 is 40.2 Å². The van der Waals surface area contributed by atoms with Crippen LogP contribution in [-0.4, -0.2) is 35.5 Å². The predicted octanol–water partition coefficient (Wildman–Crippen LogP) is 4.57. The average Bonchev–Trinajstić information content (AvgIpc) is 3.45. The maximum atomic E-state index is 13.7. The van der Waals surface area contributed by atoms with Crippen LogP contribution in [0.3, 0.4) is 0 Å². The molecular formula is C25H24N6O3S. The van der Waals surface area contributed by atoms with Gasteiger partial charge in [0.2, 0.25) is 11.7 Å². The number of hydrogen-bond acceptors (Lipinski definition) is 7. The third-order valence-electron chi connectivity index (χ3n) is 5.73. The molecule has 2 aromatic carbocycles. The third-order valence-corrected chi connectivity index (χ3v) is 6.77. The monoisotopic (exact) mass is 488 g/mol. The summed E-state index contributed by atoms with van der Waals surface area (Å²) in [5.41, 5.74) is 2.30. The summed E-state index contributed by atoms with van der Waals surface area (Å²) < 4.78 is 8.46. The summed E-state index contributed by atoms with van der Waals surface area (Å²) in [6.45, 7) is 7.71. The summed E-state index contributed by atoms with van der Waals surface area (Å²) in [4.78, 5) is 26.4. The molecule has 0 bridgehead atoms. The number of para-hydroxylation sites is 2. The molecule has 0 fully saturated rings. The van der Waals surface area contributed by atoms with Crippen molar-refractivity contribution in [3.05, 3.63) is 76.3 Å². The Bertz CT molecular complexity index is 1620. The molecule has 0 aliphatic heterocycles. The van der Waals surface area contributed by atoms with Gasteiger partial charge < -0.3 is 9.84 Å². The molecule has 0 aliphatic rings. The van der Waals surface area contributed by atoms with E-state index in [2.05, 4.69) is 34.5 Å². The first kappa shape index (κ1) is 22.9. The Balaban J connectivity index is 1.64. The minimum atomic E-state index is -0.513. The highest BCUT2D eigenvalue weighted by atomic mass is 32.2. The standard InChI is InChI=1S/C25H24N6O3S/c1-14(2)17-9-5-7-11-19(17)30-23(33)18-10-6-8-12-20(18)31-24(30)27-28-25(31)35-16(4)22(32)26-21-13-15(3)34-29-21/h5-14,16H,1-4H3,(H,26,29,32). The van der Waals surface area contributed by atoms with E-state index in [1.54, 1.807) is 30.5 Å². The number of anilines is 1. The first-order valence-corrected chi connectivity index (χ1v) is 12.1. The van der Waals surface area contributed by atoms with Crippen molar-refractivity contribution in [2.45, 2.75) is 44.0 Å². The number of thioether (sulfide) groups is 1. The lowest BCUT2D eigenvalue weighted by Crippen LogP contribution is -2.24. The van der Waals surface area contributed by atoms with Gasteiger partial charge in [0.05, 0.1) is 21.8 Å². The first-order chi connectivity index (χ1) is 16.8. The molecule has 5 aromatic rings. The summed E-state index contributed by atoms with van der Waals surface area (Å²) in [5, 5.41) is 15.9. The molecule has 178 valence electrons. The number of nitrogens with zero attached hydrogens (tertiary/aromatic N) is 5. The van der Waals surface area contributed by atoms with Gasteiger partial charge in [-0.3, -0.25) is 14.0 Å². The van der Waals surface area contributed by atoms with Gasteiger partial charge in [0.1, 0.15) is 5.76 Å². The quantitative estimate of drug-likeness (QED) is 0.349. The van der Waals surface area contributed by atoms with Gasteiger partial charge in [-0.1, -0.05) is 61.1 Å². The van der Waals surface area contributed by atoms with Crippen LogP contribution in [0.15, 0.2) is 69.1 Å². The van der Waals surface area contributed by atoms with Gasteiger partial charge in [-0.15, -0.1) is 10.2 Å². The molecule has 0 saturated heterocycles. The average molecular weight is 489 g/mol. The molecule has 1 unspecified atom stereocenters. The summed E-state index contributed by atoms with van der Waals surface area (Å²) in [7, 11) is 0. The van der Waals surface area contributed by atoms with E-state index in [0.29, 0.717) is 33.4 Å². The lowest BCUT2D eigenvalue weighted by molar-refractivity contribution is -0.115. The third kappa shape index (κ3) is 4.10. The minimum Gasteiger partial charge on any atom is -0.360 e. The number of hydrogen-bond donors (Lipinski definition) is 1. The fourth-order valence-electron chi connectivity index (χ4n) is 4.02. The van der Waals surface area contributed by atoms with E-state index >= 15 is 0 Å². The van der Waals surface area contributed by atoms with Crippen LogP contribution >= 0.6 is 11.8 Å². The van der Waals surface area contributed by atoms with E-state index in [4.69, 9.17) is 4.52 Å². The van der Waals surface area contributed by atoms with Gasteiger partial charge in [0, 0.05) is 6.07 Å². The molecule has 1 atom stereocenters. The van der Waals surface area contributed by atoms with Gasteiger partial charge in [0.25, 0.3) is 5.56 Å². The highest BCUT2D eigenvalue weighted by Gasteiger charge is 2.23. The minimum absolute atomic E-state index is 0.169. The molecule has 0 radical (unpaired) electrons. The second-order valence-electron chi connectivity index (χ2n) is 8.56. The van der Waals surface area contributed by atoms with Crippen LogP contribution in [0.25, 0.3) is 22.4 Å². The molecule has 10 heteroatoms. The van der Waals surface area contributed by atoms with Crippen LogP contribution in [0.4, 0.5) is 5.82 Å². The highest BCUT2D eigenvalue weighted by molar-refractivity contribution is 8.00. The Hall–Kier alpha value is -3.92. The van der Waals surface area contributed by atoms with Crippen LogP contribution < -0.4 is 10.9 Å². The maximum Gasteiger partial charge on any atom is 0.267 e. The van der Waals surface area contributed by atoms with Crippen LogP contribution in [-0.2, 0) is 4.79 Å². The van der Waals surface area contributed by atoms with Crippen molar-refractivity contribution in [3.63, 3.8) is 0 Å². The van der Waals surface area contributed by atoms with Crippen molar-refractivity contribution < 1.29 is 9.32 Å². The lowest BCUT2D eigenvalue weighted by atomic mass is 10.0. The molecule has 0 spiro atoms. The number of aryl methyl sites for hydroxylation is 1.